The van der Waals surface area contributed by atoms with Crippen molar-refractivity contribution >= 4 is 29.7 Å². The van der Waals surface area contributed by atoms with E-state index >= 15 is 0 Å². The normalized spacial score (nSPS) is 26.0. The second-order valence-electron chi connectivity index (χ2n) is 13.5. The van der Waals surface area contributed by atoms with Crippen LogP contribution in [0.15, 0.2) is 11.8 Å². The summed E-state index contributed by atoms with van der Waals surface area (Å²) in [5.74, 6) is -1.72. The average molecular weight is 651 g/mol. The summed E-state index contributed by atoms with van der Waals surface area (Å²) in [6.07, 6.45) is 2.98. The van der Waals surface area contributed by atoms with Crippen molar-refractivity contribution in [2.24, 2.45) is 5.41 Å². The zero-order chi connectivity index (χ0) is 33.6. The van der Waals surface area contributed by atoms with Gasteiger partial charge < -0.3 is 40.4 Å². The number of carbonyl (C=O) groups is 5. The minimum atomic E-state index is -1.20. The lowest BCUT2D eigenvalue weighted by molar-refractivity contribution is -0.143. The van der Waals surface area contributed by atoms with Gasteiger partial charge in [0.05, 0.1) is 25.8 Å². The largest absolute Gasteiger partial charge is 0.444 e. The molecular formula is C31H50N6O9. The van der Waals surface area contributed by atoms with Crippen molar-refractivity contribution in [3.63, 3.8) is 0 Å². The summed E-state index contributed by atoms with van der Waals surface area (Å²) in [5, 5.41) is 11.3. The van der Waals surface area contributed by atoms with Crippen LogP contribution in [0.1, 0.15) is 73.1 Å². The monoisotopic (exact) mass is 650 g/mol. The first-order valence-corrected chi connectivity index (χ1v) is 16.2. The average Bonchev–Trinajstić information content (AvgIpc) is 3.34. The van der Waals surface area contributed by atoms with E-state index in [1.807, 2.05) is 6.92 Å². The van der Waals surface area contributed by atoms with Gasteiger partial charge in [0, 0.05) is 32.5 Å². The van der Waals surface area contributed by atoms with Crippen molar-refractivity contribution in [1.29, 1.82) is 0 Å². The lowest BCUT2D eigenvalue weighted by atomic mass is 9.85. The third kappa shape index (κ3) is 8.68. The zero-order valence-electron chi connectivity index (χ0n) is 27.7. The van der Waals surface area contributed by atoms with E-state index in [9.17, 15) is 24.0 Å². The lowest BCUT2D eigenvalue weighted by Gasteiger charge is -2.36. The Morgan fingerprint density at radius 1 is 1.13 bits per heavy atom. The number of nitrogens with one attached hydrogen (secondary N) is 5. The van der Waals surface area contributed by atoms with Gasteiger partial charge in [-0.1, -0.05) is 34.1 Å². The molecule has 4 rings (SSSR count). The van der Waals surface area contributed by atoms with Gasteiger partial charge >= 0.3 is 6.09 Å². The lowest BCUT2D eigenvalue weighted by Crippen LogP contribution is -2.60. The molecule has 0 bridgehead atoms. The number of ether oxygens (including phenoxy) is 3. The Bertz CT molecular complexity index is 1180. The van der Waals surface area contributed by atoms with E-state index in [1.165, 1.54) is 12.0 Å². The quantitative estimate of drug-likeness (QED) is 0.187. The van der Waals surface area contributed by atoms with E-state index < -0.39 is 59.3 Å². The number of likely N-dealkylation sites (N-methyl/N-ethyl adjacent to an activating group) is 1. The molecule has 2 saturated heterocycles. The Morgan fingerprint density at radius 3 is 2.46 bits per heavy atom. The minimum Gasteiger partial charge on any atom is -0.444 e. The van der Waals surface area contributed by atoms with Gasteiger partial charge in [0.1, 0.15) is 29.5 Å². The van der Waals surface area contributed by atoms with E-state index in [2.05, 4.69) is 26.7 Å². The molecule has 1 saturated carbocycles. The highest BCUT2D eigenvalue weighted by Crippen LogP contribution is 2.37. The molecule has 5 amide bonds. The second kappa shape index (κ2) is 15.0. The molecule has 0 radical (unpaired) electrons. The van der Waals surface area contributed by atoms with Crippen molar-refractivity contribution in [3.05, 3.63) is 11.8 Å². The predicted molar refractivity (Wildman–Crippen MR) is 165 cm³/mol. The number of methoxy groups -OCH3 is 1. The molecule has 6 atom stereocenters. The molecule has 258 valence electrons. The van der Waals surface area contributed by atoms with Gasteiger partial charge in [-0.2, -0.15) is 0 Å². The number of nitrogens with zero attached hydrogens (tertiary/aromatic N) is 1. The molecule has 0 aromatic heterocycles. The molecule has 2 unspecified atom stereocenters. The van der Waals surface area contributed by atoms with E-state index in [4.69, 9.17) is 19.0 Å². The van der Waals surface area contributed by atoms with Crippen LogP contribution >= 0.6 is 0 Å². The fourth-order valence-corrected chi connectivity index (χ4v) is 5.97. The van der Waals surface area contributed by atoms with Crippen molar-refractivity contribution < 1.29 is 43.0 Å². The maximum atomic E-state index is 14.4. The molecule has 1 spiro atoms. The highest BCUT2D eigenvalue weighted by atomic mass is 16.7. The third-order valence-electron chi connectivity index (χ3n) is 8.56. The number of hydroxylamine groups is 1. The van der Waals surface area contributed by atoms with Crippen LogP contribution < -0.4 is 26.7 Å². The second-order valence-corrected chi connectivity index (χ2v) is 13.5. The number of rotatable bonds is 13. The van der Waals surface area contributed by atoms with E-state index in [0.29, 0.717) is 32.4 Å². The molecular weight excluding hydrogens is 600 g/mol. The van der Waals surface area contributed by atoms with Crippen LogP contribution in [0.5, 0.6) is 0 Å². The molecule has 3 heterocycles. The van der Waals surface area contributed by atoms with Crippen LogP contribution in [0.25, 0.3) is 0 Å². The first-order chi connectivity index (χ1) is 21.8. The summed E-state index contributed by atoms with van der Waals surface area (Å²) in [6, 6.07) is -2.69. The molecule has 0 aromatic rings. The summed E-state index contributed by atoms with van der Waals surface area (Å²) < 4.78 is 16.3. The smallest absolute Gasteiger partial charge is 0.408 e. The minimum absolute atomic E-state index is 0.0198. The van der Waals surface area contributed by atoms with Gasteiger partial charge in [-0.3, -0.25) is 29.5 Å². The molecule has 15 nitrogen and oxygen atoms in total. The Morgan fingerprint density at radius 2 is 1.87 bits per heavy atom. The number of amides is 5. The summed E-state index contributed by atoms with van der Waals surface area (Å²) in [4.78, 5) is 74.3. The topological polar surface area (TPSA) is 186 Å². The molecule has 3 fully saturated rings. The van der Waals surface area contributed by atoms with Crippen LogP contribution in [0, 0.1) is 5.41 Å². The molecule has 46 heavy (non-hydrogen) atoms. The van der Waals surface area contributed by atoms with Crippen molar-refractivity contribution in [2.75, 3.05) is 33.4 Å². The summed E-state index contributed by atoms with van der Waals surface area (Å²) in [6.45, 7) is 10.2. The Balaban J connectivity index is 1.60. The summed E-state index contributed by atoms with van der Waals surface area (Å²) >= 11 is 0. The van der Waals surface area contributed by atoms with E-state index in [0.717, 1.165) is 12.8 Å². The molecule has 5 N–H and O–H groups in total. The number of carbonyl (C=O) groups excluding carboxylic acids is 5. The Labute approximate surface area is 270 Å². The molecule has 15 heteroatoms. The van der Waals surface area contributed by atoms with Gasteiger partial charge in [-0.15, -0.1) is 0 Å². The fourth-order valence-electron chi connectivity index (χ4n) is 5.97. The van der Waals surface area contributed by atoms with Gasteiger partial charge in [0.25, 0.3) is 11.8 Å². The highest BCUT2D eigenvalue weighted by molar-refractivity contribution is 5.95. The first-order valence-electron chi connectivity index (χ1n) is 16.2. The number of likely N-dealkylation sites (tertiary alicyclic amines) is 1. The Kier molecular flexibility index (Phi) is 11.5. The summed E-state index contributed by atoms with van der Waals surface area (Å²) in [7, 11) is 1.43. The molecule has 0 aromatic carbocycles. The van der Waals surface area contributed by atoms with Gasteiger partial charge in [-0.05, 0) is 37.7 Å². The van der Waals surface area contributed by atoms with Crippen molar-refractivity contribution in [3.8, 4) is 0 Å². The SMILES string of the molecule is CCC[C@H](NC(=O)[C@@H]1CC2(C=C(C(=O)NCC)NO2)CN1C(=O)[C@@H](NC(=O)O[C@H]1CCOC1)C(C)(C)C)C(OC)C(=O)NC1CC1. The van der Waals surface area contributed by atoms with Crippen LogP contribution in [-0.2, 0) is 38.2 Å². The number of alkyl carbamates (subject to hydrolysis) is 1. The van der Waals surface area contributed by atoms with Crippen LogP contribution in [-0.4, -0.2) is 110 Å². The highest BCUT2D eigenvalue weighted by Gasteiger charge is 2.54. The molecule has 1 aliphatic carbocycles. The maximum absolute atomic E-state index is 14.4. The van der Waals surface area contributed by atoms with Gasteiger partial charge in [0.2, 0.25) is 11.8 Å². The standard InChI is InChI=1S/C31H50N6O9/c1-7-9-20(23(43-6)27(40)33-18-10-11-18)34-26(39)22-15-31(14-21(36-46-31)25(38)32-8-2)17-37(22)28(41)24(30(3,4)5)35-29(42)45-19-12-13-44-16-19/h14,18-20,22-24,36H,7-13,15-17H2,1-6H3,(H,32,38)(H,33,40)(H,34,39)(H,35,42)/t19-,20-,22-,23?,24+,31?/m0/s1. The Hall–Kier alpha value is -3.43. The van der Waals surface area contributed by atoms with Crippen LogP contribution in [0.3, 0.4) is 0 Å². The maximum Gasteiger partial charge on any atom is 0.408 e. The third-order valence-corrected chi connectivity index (χ3v) is 8.56. The first kappa shape index (κ1) is 35.4. The number of hydrogen-bond donors (Lipinski definition) is 5. The van der Waals surface area contributed by atoms with E-state index in [1.54, 1.807) is 33.8 Å². The van der Waals surface area contributed by atoms with Crippen LogP contribution in [0.4, 0.5) is 4.79 Å². The fraction of sp³-hybridized carbons (Fsp3) is 0.774. The predicted octanol–water partition coefficient (Wildman–Crippen LogP) is 0.389. The van der Waals surface area contributed by atoms with Gasteiger partial charge in [0.15, 0.2) is 6.10 Å². The van der Waals surface area contributed by atoms with E-state index in [-0.39, 0.29) is 43.1 Å². The van der Waals surface area contributed by atoms with Gasteiger partial charge in [-0.25, -0.2) is 4.79 Å². The zero-order valence-corrected chi connectivity index (χ0v) is 27.7. The summed E-state index contributed by atoms with van der Waals surface area (Å²) in [5.41, 5.74) is 0.850. The number of hydrogen-bond acceptors (Lipinski definition) is 10. The van der Waals surface area contributed by atoms with Crippen molar-refractivity contribution in [1.82, 2.24) is 31.6 Å². The molecule has 3 aliphatic heterocycles. The van der Waals surface area contributed by atoms with Crippen LogP contribution in [0.2, 0.25) is 0 Å². The molecule has 4 aliphatic rings. The van der Waals surface area contributed by atoms with Crippen molar-refractivity contribution in [2.45, 2.75) is 115 Å².